The molecule has 0 aromatic heterocycles. The molecule has 0 radical (unpaired) electrons. The predicted molar refractivity (Wildman–Crippen MR) is 120 cm³/mol. The Balaban J connectivity index is 4.42. The van der Waals surface area contributed by atoms with E-state index >= 15 is 0 Å². The van der Waals surface area contributed by atoms with Gasteiger partial charge in [-0.25, -0.2) is 0 Å². The zero-order valence-corrected chi connectivity index (χ0v) is 20.7. The van der Waals surface area contributed by atoms with Crippen LogP contribution in [0.3, 0.4) is 0 Å². The molecule has 0 saturated heterocycles. The highest BCUT2D eigenvalue weighted by atomic mass is 15.2. The first-order valence-electron chi connectivity index (χ1n) is 10.8. The summed E-state index contributed by atoms with van der Waals surface area (Å²) in [7, 11) is 2.29. The maximum atomic E-state index is 2.64. The Morgan fingerprint density at radius 2 is 0.962 bits per heavy atom. The van der Waals surface area contributed by atoms with E-state index in [1.165, 1.54) is 38.9 Å². The zero-order valence-electron chi connectivity index (χ0n) is 20.7. The fourth-order valence-electron chi connectivity index (χ4n) is 5.02. The Labute approximate surface area is 167 Å². The molecule has 0 bridgehead atoms. The summed E-state index contributed by atoms with van der Waals surface area (Å²) >= 11 is 0. The molecule has 0 heterocycles. The minimum atomic E-state index is 0.226. The van der Waals surface area contributed by atoms with Crippen molar-refractivity contribution >= 4 is 0 Å². The third-order valence-corrected chi connectivity index (χ3v) is 5.66. The van der Waals surface area contributed by atoms with Crippen molar-refractivity contribution < 1.29 is 0 Å². The summed E-state index contributed by atoms with van der Waals surface area (Å²) in [4.78, 5) is 5.18. The van der Waals surface area contributed by atoms with Gasteiger partial charge in [-0.05, 0) is 97.7 Å². The van der Waals surface area contributed by atoms with Crippen LogP contribution in [0.5, 0.6) is 0 Å². The number of rotatable bonds is 8. The van der Waals surface area contributed by atoms with E-state index < -0.39 is 0 Å². The van der Waals surface area contributed by atoms with Gasteiger partial charge in [0.05, 0.1) is 0 Å². The summed E-state index contributed by atoms with van der Waals surface area (Å²) in [5.74, 6) is 0.765. The van der Waals surface area contributed by atoms with Gasteiger partial charge in [0.2, 0.25) is 0 Å². The fraction of sp³-hybridized carbons (Fsp3) is 1.00. The van der Waals surface area contributed by atoms with Gasteiger partial charge in [0.15, 0.2) is 0 Å². The van der Waals surface area contributed by atoms with Gasteiger partial charge in [0.25, 0.3) is 0 Å². The van der Waals surface area contributed by atoms with E-state index in [-0.39, 0.29) is 11.1 Å². The zero-order chi connectivity index (χ0) is 21.0. The Kier molecular flexibility index (Phi) is 9.38. The highest BCUT2D eigenvalue weighted by Crippen LogP contribution is 2.42. The molecule has 158 valence electrons. The molecule has 26 heavy (non-hydrogen) atoms. The van der Waals surface area contributed by atoms with Crippen LogP contribution in [-0.4, -0.2) is 47.6 Å². The molecule has 0 spiro atoms. The van der Waals surface area contributed by atoms with E-state index in [1.807, 2.05) is 0 Å². The van der Waals surface area contributed by atoms with Crippen LogP contribution in [0.1, 0.15) is 102 Å². The molecule has 0 unspecified atom stereocenters. The minimum absolute atomic E-state index is 0.226. The first-order valence-corrected chi connectivity index (χ1v) is 10.8. The van der Waals surface area contributed by atoms with Crippen LogP contribution in [0.25, 0.3) is 0 Å². The molecule has 2 heteroatoms. The largest absolute Gasteiger partial charge is 0.306 e. The SMILES string of the molecule is CN(CCCC(C(C)(C)C)C(C)(C)C)CCCN(C(C)(C)C)C(C)(C)C. The first-order chi connectivity index (χ1) is 11.4. The summed E-state index contributed by atoms with van der Waals surface area (Å²) in [5, 5.41) is 0. The second-order valence-corrected chi connectivity index (χ2v) is 12.6. The molecular formula is C24H52N2. The van der Waals surface area contributed by atoms with Gasteiger partial charge in [-0.2, -0.15) is 0 Å². The Hall–Kier alpha value is -0.0800. The number of hydrogen-bond acceptors (Lipinski definition) is 2. The Bertz CT molecular complexity index is 318. The second kappa shape index (κ2) is 9.41. The van der Waals surface area contributed by atoms with Gasteiger partial charge >= 0.3 is 0 Å². The van der Waals surface area contributed by atoms with Crippen molar-refractivity contribution in [3.8, 4) is 0 Å². The molecule has 0 N–H and O–H groups in total. The summed E-state index contributed by atoms with van der Waals surface area (Å²) in [6.45, 7) is 32.0. The molecular weight excluding hydrogens is 316 g/mol. The van der Waals surface area contributed by atoms with Crippen LogP contribution in [0, 0.1) is 16.7 Å². The van der Waals surface area contributed by atoms with Crippen molar-refractivity contribution in [2.45, 2.75) is 113 Å². The van der Waals surface area contributed by atoms with Crippen molar-refractivity contribution in [3.05, 3.63) is 0 Å². The number of hydrogen-bond donors (Lipinski definition) is 0. The second-order valence-electron chi connectivity index (χ2n) is 12.6. The van der Waals surface area contributed by atoms with Crippen molar-refractivity contribution in [2.75, 3.05) is 26.7 Å². The molecule has 2 nitrogen and oxygen atoms in total. The Morgan fingerprint density at radius 1 is 0.577 bits per heavy atom. The fourth-order valence-corrected chi connectivity index (χ4v) is 5.02. The van der Waals surface area contributed by atoms with Crippen LogP contribution in [0.4, 0.5) is 0 Å². The van der Waals surface area contributed by atoms with Crippen LogP contribution in [0.15, 0.2) is 0 Å². The molecule has 0 atom stereocenters. The minimum Gasteiger partial charge on any atom is -0.306 e. The molecule has 0 fully saturated rings. The van der Waals surface area contributed by atoms with Crippen LogP contribution >= 0.6 is 0 Å². The van der Waals surface area contributed by atoms with Crippen molar-refractivity contribution in [1.82, 2.24) is 9.80 Å². The molecule has 0 rings (SSSR count). The quantitative estimate of drug-likeness (QED) is 0.470. The van der Waals surface area contributed by atoms with E-state index in [4.69, 9.17) is 0 Å². The maximum absolute atomic E-state index is 2.64. The highest BCUT2D eigenvalue weighted by Gasteiger charge is 2.34. The highest BCUT2D eigenvalue weighted by molar-refractivity contribution is 4.87. The topological polar surface area (TPSA) is 6.48 Å². The van der Waals surface area contributed by atoms with Crippen molar-refractivity contribution in [3.63, 3.8) is 0 Å². The lowest BCUT2D eigenvalue weighted by molar-refractivity contribution is 0.0348. The van der Waals surface area contributed by atoms with Crippen molar-refractivity contribution in [1.29, 1.82) is 0 Å². The number of nitrogens with zero attached hydrogens (tertiary/aromatic N) is 2. The third kappa shape index (κ3) is 9.74. The van der Waals surface area contributed by atoms with E-state index in [9.17, 15) is 0 Å². The van der Waals surface area contributed by atoms with Gasteiger partial charge in [0, 0.05) is 17.6 Å². The maximum Gasteiger partial charge on any atom is 0.0130 e. The standard InChI is InChI=1S/C24H52N2/c1-21(2,3)20(22(4,5)6)16-14-17-25(13)18-15-19-26(23(7,8)9)24(10,11)12/h20H,14-19H2,1-13H3. The van der Waals surface area contributed by atoms with E-state index in [1.54, 1.807) is 0 Å². The average Bonchev–Trinajstić information content (AvgIpc) is 2.33. The summed E-state index contributed by atoms with van der Waals surface area (Å²) < 4.78 is 0. The van der Waals surface area contributed by atoms with Gasteiger partial charge in [0.1, 0.15) is 0 Å². The lowest BCUT2D eigenvalue weighted by Crippen LogP contribution is -2.53. The molecule has 0 aliphatic heterocycles. The van der Waals surface area contributed by atoms with Crippen LogP contribution in [-0.2, 0) is 0 Å². The summed E-state index contributed by atoms with van der Waals surface area (Å²) in [5.41, 5.74) is 1.22. The Morgan fingerprint density at radius 3 is 1.31 bits per heavy atom. The molecule has 0 aliphatic rings. The van der Waals surface area contributed by atoms with E-state index in [0.29, 0.717) is 10.8 Å². The van der Waals surface area contributed by atoms with E-state index in [2.05, 4.69) is 99.9 Å². The van der Waals surface area contributed by atoms with Crippen LogP contribution < -0.4 is 0 Å². The summed E-state index contributed by atoms with van der Waals surface area (Å²) in [6.07, 6.45) is 3.87. The van der Waals surface area contributed by atoms with Gasteiger partial charge in [-0.1, -0.05) is 41.5 Å². The molecule has 0 aromatic rings. The molecule has 0 aromatic carbocycles. The lowest BCUT2D eigenvalue weighted by Gasteiger charge is -2.45. The van der Waals surface area contributed by atoms with Crippen molar-refractivity contribution in [2.24, 2.45) is 16.7 Å². The lowest BCUT2D eigenvalue weighted by atomic mass is 9.65. The third-order valence-electron chi connectivity index (χ3n) is 5.66. The van der Waals surface area contributed by atoms with Gasteiger partial charge in [-0.15, -0.1) is 0 Å². The predicted octanol–water partition coefficient (Wildman–Crippen LogP) is 6.70. The molecule has 0 saturated carbocycles. The monoisotopic (exact) mass is 368 g/mol. The normalized spacial score (nSPS) is 14.8. The average molecular weight is 369 g/mol. The molecule has 0 aliphatic carbocycles. The molecule has 0 amide bonds. The van der Waals surface area contributed by atoms with Gasteiger partial charge < -0.3 is 4.90 Å². The summed E-state index contributed by atoms with van der Waals surface area (Å²) in [6, 6.07) is 0. The van der Waals surface area contributed by atoms with Gasteiger partial charge in [-0.3, -0.25) is 4.90 Å². The first kappa shape index (κ1) is 25.9. The van der Waals surface area contributed by atoms with E-state index in [0.717, 1.165) is 5.92 Å². The smallest absolute Gasteiger partial charge is 0.0130 e. The van der Waals surface area contributed by atoms with Crippen LogP contribution in [0.2, 0.25) is 0 Å².